The third-order valence-corrected chi connectivity index (χ3v) is 7.50. The molecule has 1 amide bonds. The third-order valence-electron chi connectivity index (χ3n) is 7.50. The first kappa shape index (κ1) is 19.5. The van der Waals surface area contributed by atoms with Crippen LogP contribution in [-0.4, -0.2) is 65.2 Å². The zero-order chi connectivity index (χ0) is 21.7. The lowest BCUT2D eigenvalue weighted by molar-refractivity contribution is 0.0665. The highest BCUT2D eigenvalue weighted by molar-refractivity contribution is 6.06. The number of nitrogens with one attached hydrogen (secondary N) is 2. The predicted molar refractivity (Wildman–Crippen MR) is 121 cm³/mol. The van der Waals surface area contributed by atoms with E-state index in [4.69, 9.17) is 9.72 Å². The van der Waals surface area contributed by atoms with E-state index in [1.807, 2.05) is 35.4 Å². The van der Waals surface area contributed by atoms with Crippen molar-refractivity contribution in [3.63, 3.8) is 0 Å². The Kier molecular flexibility index (Phi) is 4.57. The number of anilines is 1. The molecule has 3 aromatic rings. The maximum atomic E-state index is 13.3. The van der Waals surface area contributed by atoms with Crippen molar-refractivity contribution in [2.75, 3.05) is 44.3 Å². The number of likely N-dealkylation sites (tertiary alicyclic amines) is 1. The molecule has 1 aliphatic carbocycles. The molecule has 2 N–H and O–H groups in total. The first-order valence-corrected chi connectivity index (χ1v) is 11.5. The highest BCUT2D eigenvalue weighted by Gasteiger charge is 2.45. The Morgan fingerprint density at radius 2 is 1.88 bits per heavy atom. The topological polar surface area (TPSA) is 94.3 Å². The molecule has 0 unspecified atom stereocenters. The first-order chi connectivity index (χ1) is 15.6. The van der Waals surface area contributed by atoms with Crippen molar-refractivity contribution in [1.82, 2.24) is 19.9 Å². The van der Waals surface area contributed by atoms with Crippen LogP contribution in [-0.2, 0) is 16.6 Å². The maximum Gasteiger partial charge on any atom is 0.255 e. The molecule has 1 aromatic carbocycles. The van der Waals surface area contributed by atoms with Crippen molar-refractivity contribution in [3.8, 4) is 0 Å². The van der Waals surface area contributed by atoms with E-state index in [2.05, 4.69) is 14.9 Å². The van der Waals surface area contributed by atoms with Gasteiger partial charge in [0.15, 0.2) is 0 Å². The summed E-state index contributed by atoms with van der Waals surface area (Å²) in [5.74, 6) is 0.743. The van der Waals surface area contributed by atoms with Crippen molar-refractivity contribution < 1.29 is 9.53 Å². The molecule has 8 nitrogen and oxygen atoms in total. The Hall–Kier alpha value is -3.13. The molecule has 3 aliphatic rings. The highest BCUT2D eigenvalue weighted by Crippen LogP contribution is 2.45. The fraction of sp³-hybridized carbons (Fsp3) is 0.458. The average Bonchev–Trinajstić information content (AvgIpc) is 3.45. The number of amides is 1. The molecule has 2 saturated heterocycles. The molecular formula is C24H27N5O3. The number of ether oxygens (including phenoxy) is 1. The molecule has 0 bridgehead atoms. The Labute approximate surface area is 185 Å². The maximum absolute atomic E-state index is 13.3. The number of carbonyl (C=O) groups is 1. The van der Waals surface area contributed by atoms with Gasteiger partial charge in [-0.25, -0.2) is 4.98 Å². The Morgan fingerprint density at radius 3 is 2.69 bits per heavy atom. The van der Waals surface area contributed by atoms with Gasteiger partial charge in [-0.3, -0.25) is 14.6 Å². The van der Waals surface area contributed by atoms with E-state index in [1.165, 1.54) is 0 Å². The number of fused-ring (bicyclic) bond motifs is 3. The summed E-state index contributed by atoms with van der Waals surface area (Å²) in [7, 11) is 0. The van der Waals surface area contributed by atoms with Crippen LogP contribution in [0.2, 0.25) is 0 Å². The summed E-state index contributed by atoms with van der Waals surface area (Å²) in [4.78, 5) is 41.4. The van der Waals surface area contributed by atoms with Crippen molar-refractivity contribution in [1.29, 1.82) is 0 Å². The third kappa shape index (κ3) is 3.04. The fourth-order valence-electron chi connectivity index (χ4n) is 5.63. The standard InChI is InChI=1S/C24H27N5O3/c30-21-18-4-6-24(20(18)26-23(27-21)29-12-14-32-15-13-29)7-10-28(11-8-24)22(31)17-2-1-3-19-16(17)5-9-25-19/h1-3,5,9,25H,4,6-8,10-15H2,(H,26,27,30). The molecule has 0 saturated carbocycles. The van der Waals surface area contributed by atoms with Gasteiger partial charge in [-0.05, 0) is 43.9 Å². The van der Waals surface area contributed by atoms with Gasteiger partial charge in [-0.2, -0.15) is 0 Å². The van der Waals surface area contributed by atoms with Crippen LogP contribution in [0.3, 0.4) is 0 Å². The highest BCUT2D eigenvalue weighted by atomic mass is 16.5. The summed E-state index contributed by atoms with van der Waals surface area (Å²) in [5, 5.41) is 0.965. The minimum Gasteiger partial charge on any atom is -0.378 e. The van der Waals surface area contributed by atoms with Crippen LogP contribution >= 0.6 is 0 Å². The average molecular weight is 434 g/mol. The quantitative estimate of drug-likeness (QED) is 0.646. The number of aromatic nitrogens is 3. The fourth-order valence-corrected chi connectivity index (χ4v) is 5.63. The second-order valence-corrected chi connectivity index (χ2v) is 9.13. The van der Waals surface area contributed by atoms with E-state index in [-0.39, 0.29) is 16.9 Å². The Balaban J connectivity index is 1.25. The van der Waals surface area contributed by atoms with Gasteiger partial charge >= 0.3 is 0 Å². The van der Waals surface area contributed by atoms with Crippen LogP contribution in [0, 0.1) is 0 Å². The van der Waals surface area contributed by atoms with E-state index >= 15 is 0 Å². The van der Waals surface area contributed by atoms with Crippen LogP contribution < -0.4 is 10.5 Å². The number of hydrogen-bond donors (Lipinski definition) is 2. The SMILES string of the molecule is O=C(c1cccc2[nH]ccc12)N1CCC2(CCc3c2nc(N2CCOCC2)[nH]c3=O)CC1. The van der Waals surface area contributed by atoms with Gasteiger partial charge in [-0.15, -0.1) is 0 Å². The Bertz CT molecular complexity index is 1230. The smallest absolute Gasteiger partial charge is 0.255 e. The summed E-state index contributed by atoms with van der Waals surface area (Å²) in [6.45, 7) is 4.14. The number of hydrogen-bond acceptors (Lipinski definition) is 5. The molecule has 6 rings (SSSR count). The number of benzene rings is 1. The molecule has 8 heteroatoms. The van der Waals surface area contributed by atoms with Crippen molar-refractivity contribution in [3.05, 3.63) is 57.6 Å². The summed E-state index contributed by atoms with van der Waals surface area (Å²) >= 11 is 0. The molecule has 166 valence electrons. The molecule has 1 spiro atoms. The minimum absolute atomic E-state index is 0.00833. The van der Waals surface area contributed by atoms with Gasteiger partial charge in [0.2, 0.25) is 5.95 Å². The molecule has 32 heavy (non-hydrogen) atoms. The molecule has 2 aromatic heterocycles. The van der Waals surface area contributed by atoms with Gasteiger partial charge in [0.1, 0.15) is 0 Å². The van der Waals surface area contributed by atoms with Crippen LogP contribution in [0.1, 0.15) is 40.9 Å². The van der Waals surface area contributed by atoms with Crippen molar-refractivity contribution in [2.45, 2.75) is 31.1 Å². The minimum atomic E-state index is -0.110. The monoisotopic (exact) mass is 433 g/mol. The number of rotatable bonds is 2. The molecule has 0 atom stereocenters. The first-order valence-electron chi connectivity index (χ1n) is 11.5. The van der Waals surface area contributed by atoms with E-state index < -0.39 is 0 Å². The second-order valence-electron chi connectivity index (χ2n) is 9.13. The van der Waals surface area contributed by atoms with Crippen LogP contribution in [0.4, 0.5) is 5.95 Å². The van der Waals surface area contributed by atoms with Crippen LogP contribution in [0.5, 0.6) is 0 Å². The number of piperidine rings is 1. The molecular weight excluding hydrogens is 406 g/mol. The lowest BCUT2D eigenvalue weighted by atomic mass is 9.76. The number of carbonyl (C=O) groups excluding carboxylic acids is 1. The second kappa shape index (κ2) is 7.48. The number of morpholine rings is 1. The van der Waals surface area contributed by atoms with Gasteiger partial charge in [0.05, 0.1) is 18.9 Å². The van der Waals surface area contributed by atoms with Crippen molar-refractivity contribution in [2.24, 2.45) is 0 Å². The molecule has 0 radical (unpaired) electrons. The summed E-state index contributed by atoms with van der Waals surface area (Å²) in [6.07, 6.45) is 5.25. The number of H-pyrrole nitrogens is 2. The van der Waals surface area contributed by atoms with E-state index in [0.717, 1.165) is 66.5 Å². The van der Waals surface area contributed by atoms with Gasteiger partial charge < -0.3 is 19.5 Å². The zero-order valence-corrected chi connectivity index (χ0v) is 18.0. The summed E-state index contributed by atoms with van der Waals surface area (Å²) in [5.41, 5.74) is 3.40. The van der Waals surface area contributed by atoms with E-state index in [1.54, 1.807) is 0 Å². The van der Waals surface area contributed by atoms with Crippen LogP contribution in [0.15, 0.2) is 35.3 Å². The van der Waals surface area contributed by atoms with Gasteiger partial charge in [0, 0.05) is 59.8 Å². The van der Waals surface area contributed by atoms with Gasteiger partial charge in [-0.1, -0.05) is 6.07 Å². The van der Waals surface area contributed by atoms with Crippen molar-refractivity contribution >= 4 is 22.8 Å². The molecule has 2 aliphatic heterocycles. The van der Waals surface area contributed by atoms with Gasteiger partial charge in [0.25, 0.3) is 11.5 Å². The van der Waals surface area contributed by atoms with E-state index in [0.29, 0.717) is 32.3 Å². The molecule has 2 fully saturated rings. The predicted octanol–water partition coefficient (Wildman–Crippen LogP) is 2.21. The zero-order valence-electron chi connectivity index (χ0n) is 18.0. The number of aromatic amines is 2. The normalized spacial score (nSPS) is 20.1. The largest absolute Gasteiger partial charge is 0.378 e. The lowest BCUT2D eigenvalue weighted by Crippen LogP contribution is -2.45. The Morgan fingerprint density at radius 1 is 1.06 bits per heavy atom. The van der Waals surface area contributed by atoms with Crippen LogP contribution in [0.25, 0.3) is 10.9 Å². The van der Waals surface area contributed by atoms with E-state index in [9.17, 15) is 9.59 Å². The number of nitrogens with zero attached hydrogens (tertiary/aromatic N) is 3. The summed E-state index contributed by atoms with van der Waals surface area (Å²) < 4.78 is 5.45. The lowest BCUT2D eigenvalue weighted by Gasteiger charge is -2.39. The molecule has 4 heterocycles. The summed E-state index contributed by atoms with van der Waals surface area (Å²) in [6, 6.07) is 7.78.